The van der Waals surface area contributed by atoms with Crippen LogP contribution < -0.4 is 0 Å². The van der Waals surface area contributed by atoms with Crippen molar-refractivity contribution >= 4 is 5.97 Å². The van der Waals surface area contributed by atoms with E-state index < -0.39 is 0 Å². The van der Waals surface area contributed by atoms with Crippen molar-refractivity contribution < 1.29 is 14.6 Å². The largest absolute Gasteiger partial charge is 0.462 e. The van der Waals surface area contributed by atoms with Crippen molar-refractivity contribution in [1.29, 1.82) is 0 Å². The Morgan fingerprint density at radius 2 is 1.89 bits per heavy atom. The summed E-state index contributed by atoms with van der Waals surface area (Å²) in [5.74, 6) is 3.74. The molecule has 0 amide bonds. The minimum atomic E-state index is -0.126. The highest BCUT2D eigenvalue weighted by atomic mass is 16.5. The highest BCUT2D eigenvalue weighted by Gasteiger charge is 2.64. The summed E-state index contributed by atoms with van der Waals surface area (Å²) in [6.07, 6.45) is 12.5. The lowest BCUT2D eigenvalue weighted by Gasteiger charge is -2.63. The number of aliphatic hydroxyl groups is 1. The maximum absolute atomic E-state index is 11.8. The molecule has 4 rings (SSSR count). The molecule has 0 heterocycles. The SMILES string of the molecule is C/C=C\[C@H]1C[C@H](OC(C)=O)[C@@]2(C)CC[C@H]3[C@@H](CC[C@H]4C[C@H](O)C[C@H](C)[C@@]43C)[C@H]12. The molecule has 0 aliphatic heterocycles. The first-order valence-corrected chi connectivity index (χ1v) is 11.7. The van der Waals surface area contributed by atoms with Gasteiger partial charge in [-0.15, -0.1) is 0 Å². The third-order valence-electron chi connectivity index (χ3n) is 9.94. The summed E-state index contributed by atoms with van der Waals surface area (Å²) in [4.78, 5) is 11.8. The van der Waals surface area contributed by atoms with Crippen LogP contribution >= 0.6 is 0 Å². The molecule has 0 aromatic carbocycles. The second kappa shape index (κ2) is 7.15. The molecule has 28 heavy (non-hydrogen) atoms. The number of aliphatic hydroxyl groups excluding tert-OH is 1. The topological polar surface area (TPSA) is 46.5 Å². The molecule has 158 valence electrons. The molecule has 0 radical (unpaired) electrons. The Morgan fingerprint density at radius 3 is 2.57 bits per heavy atom. The molecule has 0 aromatic heterocycles. The molecule has 0 unspecified atom stereocenters. The van der Waals surface area contributed by atoms with E-state index in [-0.39, 0.29) is 23.6 Å². The Morgan fingerprint density at radius 1 is 1.14 bits per heavy atom. The molecule has 0 spiro atoms. The molecule has 0 bridgehead atoms. The van der Waals surface area contributed by atoms with Crippen molar-refractivity contribution in [3.05, 3.63) is 12.2 Å². The molecular formula is C25H40O3. The second-order valence-electron chi connectivity index (χ2n) is 11.0. The standard InChI is InChI=1S/C25H40O3/c1-6-7-17-13-22(28-16(3)26)24(4)11-10-21-20(23(17)24)9-8-18-14-19(27)12-15(2)25(18,21)5/h6-7,15,17-23,27H,8-14H2,1-5H3/b7-6-/t15-,17-,18-,19+,20+,21-,22-,23-,24+,25-/m0/s1. The summed E-state index contributed by atoms with van der Waals surface area (Å²) in [5.41, 5.74) is 0.459. The van der Waals surface area contributed by atoms with Crippen LogP contribution in [0.2, 0.25) is 0 Å². The second-order valence-corrected chi connectivity index (χ2v) is 11.0. The number of carbonyl (C=O) groups excluding carboxylic acids is 1. The Balaban J connectivity index is 1.68. The first-order valence-electron chi connectivity index (χ1n) is 11.7. The van der Waals surface area contributed by atoms with E-state index in [0.717, 1.165) is 31.1 Å². The van der Waals surface area contributed by atoms with Crippen LogP contribution in [0.4, 0.5) is 0 Å². The smallest absolute Gasteiger partial charge is 0.302 e. The van der Waals surface area contributed by atoms with Crippen molar-refractivity contribution in [2.75, 3.05) is 0 Å². The number of hydrogen-bond acceptors (Lipinski definition) is 3. The number of fused-ring (bicyclic) bond motifs is 5. The average Bonchev–Trinajstić information content (AvgIpc) is 2.88. The predicted molar refractivity (Wildman–Crippen MR) is 112 cm³/mol. The molecule has 3 heteroatoms. The summed E-state index contributed by atoms with van der Waals surface area (Å²) >= 11 is 0. The Kier molecular flexibility index (Phi) is 5.22. The van der Waals surface area contributed by atoms with E-state index in [1.54, 1.807) is 6.92 Å². The maximum atomic E-state index is 11.8. The summed E-state index contributed by atoms with van der Waals surface area (Å²) < 4.78 is 5.90. The summed E-state index contributed by atoms with van der Waals surface area (Å²) in [6.45, 7) is 11.0. The van der Waals surface area contributed by atoms with E-state index in [0.29, 0.717) is 29.1 Å². The number of esters is 1. The fraction of sp³-hybridized carbons (Fsp3) is 0.880. The Labute approximate surface area is 171 Å². The number of rotatable bonds is 2. The number of ether oxygens (including phenoxy) is 1. The zero-order chi connectivity index (χ0) is 20.3. The average molecular weight is 389 g/mol. The normalized spacial score (nSPS) is 53.4. The molecule has 0 saturated heterocycles. The number of carbonyl (C=O) groups is 1. The van der Waals surface area contributed by atoms with Crippen LogP contribution in [0.25, 0.3) is 0 Å². The molecule has 0 aromatic rings. The maximum Gasteiger partial charge on any atom is 0.302 e. The highest BCUT2D eigenvalue weighted by molar-refractivity contribution is 5.66. The molecule has 4 aliphatic carbocycles. The van der Waals surface area contributed by atoms with Crippen LogP contribution in [0, 0.1) is 46.3 Å². The monoisotopic (exact) mass is 388 g/mol. The van der Waals surface area contributed by atoms with Crippen molar-refractivity contribution in [3.63, 3.8) is 0 Å². The molecule has 4 saturated carbocycles. The van der Waals surface area contributed by atoms with E-state index >= 15 is 0 Å². The van der Waals surface area contributed by atoms with Crippen LogP contribution in [-0.2, 0) is 9.53 Å². The zero-order valence-electron chi connectivity index (χ0n) is 18.5. The van der Waals surface area contributed by atoms with Gasteiger partial charge in [-0.25, -0.2) is 0 Å². The zero-order valence-corrected chi connectivity index (χ0v) is 18.5. The van der Waals surface area contributed by atoms with Crippen molar-refractivity contribution in [3.8, 4) is 0 Å². The van der Waals surface area contributed by atoms with Gasteiger partial charge in [0.2, 0.25) is 0 Å². The Bertz CT molecular complexity index is 642. The van der Waals surface area contributed by atoms with Gasteiger partial charge >= 0.3 is 5.97 Å². The van der Waals surface area contributed by atoms with Crippen molar-refractivity contribution in [2.24, 2.45) is 46.3 Å². The van der Waals surface area contributed by atoms with Crippen LogP contribution in [-0.4, -0.2) is 23.3 Å². The van der Waals surface area contributed by atoms with E-state index in [9.17, 15) is 9.90 Å². The van der Waals surface area contributed by atoms with Gasteiger partial charge in [0.05, 0.1) is 6.10 Å². The molecule has 4 aliphatic rings. The van der Waals surface area contributed by atoms with Gasteiger partial charge in [0.1, 0.15) is 6.10 Å². The first kappa shape index (κ1) is 20.4. The number of allylic oxidation sites excluding steroid dienone is 2. The van der Waals surface area contributed by atoms with Crippen LogP contribution in [0.15, 0.2) is 12.2 Å². The van der Waals surface area contributed by atoms with Gasteiger partial charge in [0.15, 0.2) is 0 Å². The van der Waals surface area contributed by atoms with Crippen LogP contribution in [0.3, 0.4) is 0 Å². The van der Waals surface area contributed by atoms with Gasteiger partial charge in [-0.05, 0) is 92.8 Å². The lowest BCUT2D eigenvalue weighted by molar-refractivity contribution is -0.172. The van der Waals surface area contributed by atoms with Gasteiger partial charge < -0.3 is 9.84 Å². The first-order chi connectivity index (χ1) is 13.2. The minimum absolute atomic E-state index is 0.0632. The molecular weight excluding hydrogens is 348 g/mol. The van der Waals surface area contributed by atoms with Gasteiger partial charge in [-0.3, -0.25) is 4.79 Å². The van der Waals surface area contributed by atoms with Gasteiger partial charge in [0, 0.05) is 12.3 Å². The minimum Gasteiger partial charge on any atom is -0.462 e. The Hall–Kier alpha value is -0.830. The fourth-order valence-corrected chi connectivity index (χ4v) is 8.65. The third-order valence-corrected chi connectivity index (χ3v) is 9.94. The molecule has 3 nitrogen and oxygen atoms in total. The van der Waals surface area contributed by atoms with E-state index in [4.69, 9.17) is 4.74 Å². The fourth-order valence-electron chi connectivity index (χ4n) is 8.65. The van der Waals surface area contributed by atoms with Crippen molar-refractivity contribution in [1.82, 2.24) is 0 Å². The predicted octanol–water partition coefficient (Wildman–Crippen LogP) is 5.37. The van der Waals surface area contributed by atoms with Crippen LogP contribution in [0.1, 0.15) is 79.6 Å². The van der Waals surface area contributed by atoms with Gasteiger partial charge in [-0.1, -0.05) is 32.9 Å². The van der Waals surface area contributed by atoms with Crippen molar-refractivity contribution in [2.45, 2.75) is 91.8 Å². The lowest BCUT2D eigenvalue weighted by Crippen LogP contribution is -2.57. The summed E-state index contributed by atoms with van der Waals surface area (Å²) in [5, 5.41) is 10.4. The highest BCUT2D eigenvalue weighted by Crippen LogP contribution is 2.68. The summed E-state index contributed by atoms with van der Waals surface area (Å²) in [6, 6.07) is 0. The number of hydrogen-bond donors (Lipinski definition) is 1. The van der Waals surface area contributed by atoms with E-state index in [2.05, 4.69) is 39.8 Å². The third kappa shape index (κ3) is 2.90. The van der Waals surface area contributed by atoms with Gasteiger partial charge in [0.25, 0.3) is 0 Å². The van der Waals surface area contributed by atoms with Crippen LogP contribution in [0.5, 0.6) is 0 Å². The van der Waals surface area contributed by atoms with E-state index in [1.807, 2.05) is 0 Å². The molecule has 10 atom stereocenters. The lowest BCUT2D eigenvalue weighted by atomic mass is 9.42. The van der Waals surface area contributed by atoms with Gasteiger partial charge in [-0.2, -0.15) is 0 Å². The van der Waals surface area contributed by atoms with E-state index in [1.165, 1.54) is 25.7 Å². The summed E-state index contributed by atoms with van der Waals surface area (Å²) in [7, 11) is 0. The quantitative estimate of drug-likeness (QED) is 0.511. The molecule has 4 fully saturated rings. The molecule has 1 N–H and O–H groups in total.